The van der Waals surface area contributed by atoms with Gasteiger partial charge in [0.05, 0.1) is 5.69 Å². The van der Waals surface area contributed by atoms with Crippen molar-refractivity contribution in [1.82, 2.24) is 0 Å². The fourth-order valence-electron chi connectivity index (χ4n) is 2.13. The highest BCUT2D eigenvalue weighted by Gasteiger charge is 2.33. The van der Waals surface area contributed by atoms with Crippen molar-refractivity contribution in [3.63, 3.8) is 0 Å². The van der Waals surface area contributed by atoms with Gasteiger partial charge in [-0.25, -0.2) is 0 Å². The molecular weight excluding hydrogens is 228 g/mol. The Morgan fingerprint density at radius 3 is 3.00 bits per heavy atom. The number of benzene rings is 1. The lowest BCUT2D eigenvalue weighted by Crippen LogP contribution is -2.30. The summed E-state index contributed by atoms with van der Waals surface area (Å²) in [5.41, 5.74) is 0.625. The molecule has 0 amide bonds. The number of hydrogen-bond acceptors (Lipinski definition) is 4. The lowest BCUT2D eigenvalue weighted by Gasteiger charge is -2.25. The van der Waals surface area contributed by atoms with Gasteiger partial charge < -0.3 is 10.0 Å². The third-order valence-corrected chi connectivity index (χ3v) is 4.17. The van der Waals surface area contributed by atoms with Gasteiger partial charge in [-0.15, -0.1) is 4.40 Å². The van der Waals surface area contributed by atoms with Gasteiger partial charge in [0.1, 0.15) is 16.5 Å². The van der Waals surface area contributed by atoms with Crippen LogP contribution in [-0.4, -0.2) is 25.9 Å². The number of amidine groups is 1. The molecule has 1 saturated heterocycles. The van der Waals surface area contributed by atoms with Crippen molar-refractivity contribution in [3.05, 3.63) is 18.2 Å². The van der Waals surface area contributed by atoms with Crippen molar-refractivity contribution >= 4 is 21.5 Å². The van der Waals surface area contributed by atoms with Crippen molar-refractivity contribution in [2.45, 2.75) is 17.7 Å². The molecule has 1 N–H and O–H groups in total. The van der Waals surface area contributed by atoms with E-state index in [0.717, 1.165) is 13.0 Å². The van der Waals surface area contributed by atoms with Crippen LogP contribution in [0, 0.1) is 0 Å². The van der Waals surface area contributed by atoms with Crippen LogP contribution in [0.1, 0.15) is 12.8 Å². The Kier molecular flexibility index (Phi) is 1.79. The maximum absolute atomic E-state index is 11.8. The third kappa shape index (κ3) is 1.23. The minimum Gasteiger partial charge on any atom is -0.508 e. The van der Waals surface area contributed by atoms with Crippen LogP contribution < -0.4 is 4.90 Å². The molecule has 0 radical (unpaired) electrons. The van der Waals surface area contributed by atoms with Gasteiger partial charge in [-0.2, -0.15) is 8.42 Å². The molecule has 2 aliphatic rings. The lowest BCUT2D eigenvalue weighted by atomic mass is 10.2. The van der Waals surface area contributed by atoms with E-state index in [4.69, 9.17) is 0 Å². The molecule has 84 valence electrons. The number of aromatic hydroxyl groups is 1. The molecule has 0 aliphatic carbocycles. The Labute approximate surface area is 93.1 Å². The van der Waals surface area contributed by atoms with Crippen LogP contribution in [0.5, 0.6) is 5.75 Å². The van der Waals surface area contributed by atoms with Crippen molar-refractivity contribution in [3.8, 4) is 5.75 Å². The fraction of sp³-hybridized carbons (Fsp3) is 0.300. The van der Waals surface area contributed by atoms with E-state index in [2.05, 4.69) is 4.40 Å². The maximum atomic E-state index is 11.8. The highest BCUT2D eigenvalue weighted by Crippen LogP contribution is 2.36. The van der Waals surface area contributed by atoms with Crippen molar-refractivity contribution in [2.24, 2.45) is 4.40 Å². The first-order valence-corrected chi connectivity index (χ1v) is 6.46. The van der Waals surface area contributed by atoms with Gasteiger partial charge in [0.15, 0.2) is 0 Å². The summed E-state index contributed by atoms with van der Waals surface area (Å²) in [5.74, 6) is 0.554. The minimum absolute atomic E-state index is 0.0554. The molecule has 16 heavy (non-hydrogen) atoms. The van der Waals surface area contributed by atoms with Crippen molar-refractivity contribution in [1.29, 1.82) is 0 Å². The number of phenols is 1. The monoisotopic (exact) mass is 238 g/mol. The van der Waals surface area contributed by atoms with Gasteiger partial charge in [-0.05, 0) is 18.6 Å². The van der Waals surface area contributed by atoms with Crippen LogP contribution in [0.4, 0.5) is 5.69 Å². The molecule has 0 bridgehead atoms. The van der Waals surface area contributed by atoms with Gasteiger partial charge in [0.2, 0.25) is 0 Å². The smallest absolute Gasteiger partial charge is 0.286 e. The summed E-state index contributed by atoms with van der Waals surface area (Å²) in [6.07, 6.45) is 1.61. The van der Waals surface area contributed by atoms with E-state index in [9.17, 15) is 13.5 Å². The summed E-state index contributed by atoms with van der Waals surface area (Å²) in [6.45, 7) is 0.784. The van der Waals surface area contributed by atoms with Crippen LogP contribution >= 0.6 is 0 Å². The predicted molar refractivity (Wildman–Crippen MR) is 59.3 cm³/mol. The summed E-state index contributed by atoms with van der Waals surface area (Å²) in [4.78, 5) is 1.99. The minimum atomic E-state index is -3.63. The van der Waals surface area contributed by atoms with Crippen LogP contribution in [0.3, 0.4) is 0 Å². The van der Waals surface area contributed by atoms with E-state index in [1.54, 1.807) is 6.07 Å². The lowest BCUT2D eigenvalue weighted by molar-refractivity contribution is 0.473. The van der Waals surface area contributed by atoms with E-state index < -0.39 is 10.0 Å². The van der Waals surface area contributed by atoms with Gasteiger partial charge in [-0.3, -0.25) is 0 Å². The van der Waals surface area contributed by atoms with Crippen LogP contribution in [0.25, 0.3) is 0 Å². The molecular formula is C10H10N2O3S. The predicted octanol–water partition coefficient (Wildman–Crippen LogP) is 1.09. The molecule has 2 heterocycles. The molecule has 0 aromatic heterocycles. The second-order valence-electron chi connectivity index (χ2n) is 3.89. The van der Waals surface area contributed by atoms with Crippen LogP contribution in [0.15, 0.2) is 27.5 Å². The quantitative estimate of drug-likeness (QED) is 0.734. The first-order valence-electron chi connectivity index (χ1n) is 5.02. The molecule has 6 heteroatoms. The molecule has 0 atom stereocenters. The van der Waals surface area contributed by atoms with Gasteiger partial charge >= 0.3 is 0 Å². The second kappa shape index (κ2) is 2.98. The molecule has 0 spiro atoms. The highest BCUT2D eigenvalue weighted by molar-refractivity contribution is 7.90. The average molecular weight is 238 g/mol. The van der Waals surface area contributed by atoms with Gasteiger partial charge in [-0.1, -0.05) is 0 Å². The Bertz CT molecular complexity index is 592. The highest BCUT2D eigenvalue weighted by atomic mass is 32.2. The average Bonchev–Trinajstić information content (AvgIpc) is 2.65. The summed E-state index contributed by atoms with van der Waals surface area (Å²) >= 11 is 0. The van der Waals surface area contributed by atoms with E-state index in [1.807, 2.05) is 4.90 Å². The summed E-state index contributed by atoms with van der Waals surface area (Å²) < 4.78 is 27.4. The van der Waals surface area contributed by atoms with Crippen LogP contribution in [-0.2, 0) is 10.0 Å². The largest absolute Gasteiger partial charge is 0.508 e. The summed E-state index contributed by atoms with van der Waals surface area (Å²) in [6, 6.07) is 4.38. The number of rotatable bonds is 0. The number of phenolic OH excluding ortho intramolecular Hbond substituents is 1. The molecule has 1 aromatic rings. The number of hydrogen-bond donors (Lipinski definition) is 1. The molecule has 1 fully saturated rings. The second-order valence-corrected chi connectivity index (χ2v) is 5.46. The molecule has 2 aliphatic heterocycles. The van der Waals surface area contributed by atoms with E-state index in [-0.39, 0.29) is 10.6 Å². The first kappa shape index (κ1) is 9.65. The first-order chi connectivity index (χ1) is 7.58. The normalized spacial score (nSPS) is 21.2. The molecule has 5 nitrogen and oxygen atoms in total. The van der Waals surface area contributed by atoms with Gasteiger partial charge in [0.25, 0.3) is 10.0 Å². The third-order valence-electron chi connectivity index (χ3n) is 2.83. The number of sulfonamides is 1. The topological polar surface area (TPSA) is 70.0 Å². The molecule has 3 rings (SSSR count). The zero-order valence-corrected chi connectivity index (χ0v) is 9.24. The zero-order valence-electron chi connectivity index (χ0n) is 8.42. The van der Waals surface area contributed by atoms with E-state index >= 15 is 0 Å². The van der Waals surface area contributed by atoms with Crippen molar-refractivity contribution < 1.29 is 13.5 Å². The Morgan fingerprint density at radius 2 is 2.19 bits per heavy atom. The number of fused-ring (bicyclic) bond motifs is 3. The SMILES string of the molecule is O=S1(=O)N=C2CCCN2c2ccc(O)cc21. The molecule has 0 saturated carbocycles. The molecule has 1 aromatic carbocycles. The van der Waals surface area contributed by atoms with E-state index in [0.29, 0.717) is 17.9 Å². The number of anilines is 1. The van der Waals surface area contributed by atoms with Gasteiger partial charge in [0, 0.05) is 19.0 Å². The Morgan fingerprint density at radius 1 is 1.38 bits per heavy atom. The van der Waals surface area contributed by atoms with E-state index in [1.165, 1.54) is 12.1 Å². The number of nitrogens with zero attached hydrogens (tertiary/aromatic N) is 2. The zero-order chi connectivity index (χ0) is 11.3. The summed E-state index contributed by atoms with van der Waals surface area (Å²) in [7, 11) is -3.63. The Balaban J connectivity index is 2.31. The van der Waals surface area contributed by atoms with Crippen molar-refractivity contribution in [2.75, 3.05) is 11.4 Å². The summed E-state index contributed by atoms with van der Waals surface area (Å²) in [5, 5.41) is 9.33. The maximum Gasteiger partial charge on any atom is 0.286 e. The Hall–Kier alpha value is -1.56. The fourth-order valence-corrected chi connectivity index (χ4v) is 3.41. The van der Waals surface area contributed by atoms with Crippen LogP contribution in [0.2, 0.25) is 0 Å². The molecule has 0 unspecified atom stereocenters. The standard InChI is InChI=1S/C10H10N2O3S/c13-7-3-4-8-9(6-7)16(14,15)11-10-2-1-5-12(8)10/h3-4,6,13H,1-2,5H2.